The van der Waals surface area contributed by atoms with Crippen molar-refractivity contribution >= 4 is 23.4 Å². The van der Waals surface area contributed by atoms with E-state index in [1.54, 1.807) is 42.0 Å². The number of aromatic nitrogens is 2. The van der Waals surface area contributed by atoms with Crippen molar-refractivity contribution in [1.82, 2.24) is 20.0 Å². The highest BCUT2D eigenvalue weighted by Crippen LogP contribution is 2.27. The summed E-state index contributed by atoms with van der Waals surface area (Å²) in [5.41, 5.74) is 2.48. The van der Waals surface area contributed by atoms with E-state index in [1.807, 2.05) is 30.3 Å². The lowest BCUT2D eigenvalue weighted by Gasteiger charge is -2.20. The van der Waals surface area contributed by atoms with E-state index in [0.717, 1.165) is 17.5 Å². The Labute approximate surface area is 197 Å². The molecule has 172 valence electrons. The van der Waals surface area contributed by atoms with Crippen molar-refractivity contribution in [3.63, 3.8) is 0 Å². The van der Waals surface area contributed by atoms with Crippen LogP contribution < -0.4 is 14.8 Å². The van der Waals surface area contributed by atoms with Crippen LogP contribution in [0.4, 0.5) is 0 Å². The molecule has 0 spiro atoms. The van der Waals surface area contributed by atoms with Crippen LogP contribution in [0.3, 0.4) is 0 Å². The van der Waals surface area contributed by atoms with Crippen LogP contribution in [0.25, 0.3) is 0 Å². The lowest BCUT2D eigenvalue weighted by Crippen LogP contribution is -2.30. The first-order chi connectivity index (χ1) is 16.0. The van der Waals surface area contributed by atoms with Gasteiger partial charge >= 0.3 is 0 Å². The van der Waals surface area contributed by atoms with Gasteiger partial charge in [0.05, 0.1) is 14.2 Å². The summed E-state index contributed by atoms with van der Waals surface area (Å²) in [7, 11) is 3.13. The first-order valence-corrected chi connectivity index (χ1v) is 11.0. The quantitative estimate of drug-likeness (QED) is 0.573. The third kappa shape index (κ3) is 5.12. The zero-order valence-electron chi connectivity index (χ0n) is 18.5. The standard InChI is InChI=1S/C24H25ClN4O4/c1-32-21-9-6-17(12-22(21)33-2)14-26-23(30)19-13-20-24(31)28(10-3-11-29(20)27-19)15-16-4-7-18(25)8-5-16/h4-9,12-13H,3,10-11,14-15H2,1-2H3,(H,26,30). The smallest absolute Gasteiger partial charge is 0.272 e. The second-order valence-electron chi connectivity index (χ2n) is 7.72. The molecule has 8 nitrogen and oxygen atoms in total. The zero-order chi connectivity index (χ0) is 23.4. The lowest BCUT2D eigenvalue weighted by atomic mass is 10.2. The van der Waals surface area contributed by atoms with Crippen LogP contribution in [0.5, 0.6) is 11.5 Å². The van der Waals surface area contributed by atoms with Gasteiger partial charge in [0, 0.05) is 37.3 Å². The number of hydrogen-bond donors (Lipinski definition) is 1. The fraction of sp³-hybridized carbons (Fsp3) is 0.292. The number of nitrogens with one attached hydrogen (secondary N) is 1. The molecule has 0 aliphatic carbocycles. The average Bonchev–Trinajstić information content (AvgIpc) is 3.21. The summed E-state index contributed by atoms with van der Waals surface area (Å²) < 4.78 is 12.2. The van der Waals surface area contributed by atoms with Crippen LogP contribution in [-0.2, 0) is 19.6 Å². The Morgan fingerprint density at radius 2 is 1.76 bits per heavy atom. The van der Waals surface area contributed by atoms with Gasteiger partial charge in [0.1, 0.15) is 5.69 Å². The van der Waals surface area contributed by atoms with Crippen molar-refractivity contribution in [2.45, 2.75) is 26.1 Å². The number of benzene rings is 2. The van der Waals surface area contributed by atoms with Crippen LogP contribution in [0, 0.1) is 0 Å². The maximum Gasteiger partial charge on any atom is 0.272 e. The van der Waals surface area contributed by atoms with Gasteiger partial charge in [0.15, 0.2) is 17.2 Å². The molecule has 0 atom stereocenters. The molecule has 1 N–H and O–H groups in total. The predicted octanol–water partition coefficient (Wildman–Crippen LogP) is 3.53. The second-order valence-corrected chi connectivity index (χ2v) is 8.15. The number of methoxy groups -OCH3 is 2. The van der Waals surface area contributed by atoms with Crippen molar-refractivity contribution < 1.29 is 19.1 Å². The Bertz CT molecular complexity index is 1160. The van der Waals surface area contributed by atoms with Crippen LogP contribution in [0.1, 0.15) is 38.5 Å². The van der Waals surface area contributed by atoms with Gasteiger partial charge in [-0.15, -0.1) is 0 Å². The minimum atomic E-state index is -0.345. The highest BCUT2D eigenvalue weighted by Gasteiger charge is 2.26. The summed E-state index contributed by atoms with van der Waals surface area (Å²) >= 11 is 5.96. The molecule has 0 bridgehead atoms. The van der Waals surface area contributed by atoms with E-state index in [0.29, 0.717) is 41.8 Å². The Morgan fingerprint density at radius 3 is 2.48 bits per heavy atom. The maximum absolute atomic E-state index is 13.1. The van der Waals surface area contributed by atoms with E-state index in [1.165, 1.54) is 0 Å². The Morgan fingerprint density at radius 1 is 1.03 bits per heavy atom. The summed E-state index contributed by atoms with van der Waals surface area (Å²) in [6, 6.07) is 14.4. The molecule has 1 aromatic heterocycles. The molecule has 4 rings (SSSR count). The first kappa shape index (κ1) is 22.7. The third-order valence-corrected chi connectivity index (χ3v) is 5.76. The van der Waals surface area contributed by atoms with E-state index < -0.39 is 0 Å². The summed E-state index contributed by atoms with van der Waals surface area (Å²) in [5, 5.41) is 7.89. The summed E-state index contributed by atoms with van der Waals surface area (Å²) in [6.45, 7) is 1.95. The summed E-state index contributed by atoms with van der Waals surface area (Å²) in [6.07, 6.45) is 0.751. The van der Waals surface area contributed by atoms with Crippen molar-refractivity contribution in [3.8, 4) is 11.5 Å². The van der Waals surface area contributed by atoms with Crippen molar-refractivity contribution in [2.24, 2.45) is 0 Å². The minimum absolute atomic E-state index is 0.145. The molecular weight excluding hydrogens is 444 g/mol. The molecule has 0 saturated carbocycles. The maximum atomic E-state index is 13.1. The van der Waals surface area contributed by atoms with E-state index in [2.05, 4.69) is 10.4 Å². The monoisotopic (exact) mass is 468 g/mol. The first-order valence-electron chi connectivity index (χ1n) is 10.6. The van der Waals surface area contributed by atoms with Gasteiger partial charge in [-0.05, 0) is 41.8 Å². The number of fused-ring (bicyclic) bond motifs is 1. The van der Waals surface area contributed by atoms with Gasteiger partial charge in [-0.1, -0.05) is 29.8 Å². The Hall–Kier alpha value is -3.52. The minimum Gasteiger partial charge on any atom is -0.493 e. The topological polar surface area (TPSA) is 85.7 Å². The van der Waals surface area contributed by atoms with E-state index in [9.17, 15) is 9.59 Å². The molecule has 2 heterocycles. The molecule has 0 fully saturated rings. The molecule has 1 aliphatic rings. The van der Waals surface area contributed by atoms with Crippen LogP contribution >= 0.6 is 11.6 Å². The van der Waals surface area contributed by atoms with Crippen LogP contribution in [0.15, 0.2) is 48.5 Å². The number of carbonyl (C=O) groups excluding carboxylic acids is 2. The van der Waals surface area contributed by atoms with Gasteiger partial charge in [-0.3, -0.25) is 14.3 Å². The van der Waals surface area contributed by atoms with Crippen molar-refractivity contribution in [1.29, 1.82) is 0 Å². The lowest BCUT2D eigenvalue weighted by molar-refractivity contribution is 0.0745. The number of ether oxygens (including phenoxy) is 2. The molecule has 2 amide bonds. The number of halogens is 1. The van der Waals surface area contributed by atoms with E-state index >= 15 is 0 Å². The molecule has 0 radical (unpaired) electrons. The summed E-state index contributed by atoms with van der Waals surface area (Å²) in [4.78, 5) is 27.6. The van der Waals surface area contributed by atoms with Gasteiger partial charge < -0.3 is 19.7 Å². The van der Waals surface area contributed by atoms with Gasteiger partial charge in [0.2, 0.25) is 0 Å². The van der Waals surface area contributed by atoms with Crippen molar-refractivity contribution in [3.05, 3.63) is 76.1 Å². The number of amides is 2. The number of carbonyl (C=O) groups is 2. The molecule has 1 aliphatic heterocycles. The van der Waals surface area contributed by atoms with E-state index in [-0.39, 0.29) is 24.1 Å². The predicted molar refractivity (Wildman–Crippen MR) is 124 cm³/mol. The van der Waals surface area contributed by atoms with Crippen molar-refractivity contribution in [2.75, 3.05) is 20.8 Å². The molecular formula is C24H25ClN4O4. The molecule has 3 aromatic rings. The normalized spacial score (nSPS) is 13.3. The number of nitrogens with zero attached hydrogens (tertiary/aromatic N) is 3. The van der Waals surface area contributed by atoms with Crippen LogP contribution in [0.2, 0.25) is 5.02 Å². The zero-order valence-corrected chi connectivity index (χ0v) is 19.3. The number of hydrogen-bond acceptors (Lipinski definition) is 5. The van der Waals surface area contributed by atoms with E-state index in [4.69, 9.17) is 21.1 Å². The Balaban J connectivity index is 1.44. The van der Waals surface area contributed by atoms with Gasteiger partial charge in [-0.2, -0.15) is 5.10 Å². The fourth-order valence-electron chi connectivity index (χ4n) is 3.77. The molecule has 0 saturated heterocycles. The number of aryl methyl sites for hydroxylation is 1. The highest BCUT2D eigenvalue weighted by atomic mass is 35.5. The van der Waals surface area contributed by atoms with Crippen LogP contribution in [-0.4, -0.2) is 47.3 Å². The molecule has 0 unspecified atom stereocenters. The SMILES string of the molecule is COc1ccc(CNC(=O)c2cc3n(n2)CCCN(Cc2ccc(Cl)cc2)C3=O)cc1OC. The van der Waals surface area contributed by atoms with Gasteiger partial charge in [0.25, 0.3) is 11.8 Å². The number of rotatable bonds is 7. The highest BCUT2D eigenvalue weighted by molar-refractivity contribution is 6.30. The third-order valence-electron chi connectivity index (χ3n) is 5.50. The molecule has 9 heteroatoms. The largest absolute Gasteiger partial charge is 0.493 e. The Kier molecular flexibility index (Phi) is 6.84. The second kappa shape index (κ2) is 9.95. The molecule has 2 aromatic carbocycles. The molecule has 33 heavy (non-hydrogen) atoms. The average molecular weight is 469 g/mol. The summed E-state index contributed by atoms with van der Waals surface area (Å²) in [5.74, 6) is 0.715. The van der Waals surface area contributed by atoms with Gasteiger partial charge in [-0.25, -0.2) is 0 Å². The fourth-order valence-corrected chi connectivity index (χ4v) is 3.90.